The van der Waals surface area contributed by atoms with Crippen LogP contribution in [0.15, 0.2) is 17.3 Å². The maximum absolute atomic E-state index is 8.55. The molecule has 0 saturated carbocycles. The van der Waals surface area contributed by atoms with E-state index in [0.29, 0.717) is 5.71 Å². The van der Waals surface area contributed by atoms with Gasteiger partial charge >= 0.3 is 0 Å². The first kappa shape index (κ1) is 8.71. The molecule has 1 heterocycles. The fourth-order valence-corrected chi connectivity index (χ4v) is 1.04. The van der Waals surface area contributed by atoms with Gasteiger partial charge in [-0.25, -0.2) is 0 Å². The Kier molecular flexibility index (Phi) is 2.43. The van der Waals surface area contributed by atoms with Gasteiger partial charge in [0, 0.05) is 5.69 Å². The Morgan fingerprint density at radius 2 is 2.08 bits per heavy atom. The molecule has 0 aliphatic carbocycles. The molecule has 0 saturated heterocycles. The van der Waals surface area contributed by atoms with Gasteiger partial charge in [0.15, 0.2) is 0 Å². The smallest absolute Gasteiger partial charge is 0.102 e. The molecule has 0 atom stereocenters. The molecule has 1 rings (SSSR count). The number of oxime groups is 1. The van der Waals surface area contributed by atoms with E-state index >= 15 is 0 Å². The summed E-state index contributed by atoms with van der Waals surface area (Å²) in [5.74, 6) is 0. The monoisotopic (exact) mass is 164 g/mol. The second-order valence-corrected chi connectivity index (χ2v) is 2.80. The van der Waals surface area contributed by atoms with E-state index in [4.69, 9.17) is 5.21 Å². The van der Waals surface area contributed by atoms with Gasteiger partial charge in [-0.3, -0.25) is 4.98 Å². The summed E-state index contributed by atoms with van der Waals surface area (Å²) in [5.41, 5.74) is 3.27. The lowest BCUT2D eigenvalue weighted by Crippen LogP contribution is -2.02. The van der Waals surface area contributed by atoms with E-state index in [1.807, 2.05) is 26.0 Å². The third-order valence-corrected chi connectivity index (χ3v) is 1.73. The Balaban J connectivity index is 3.23. The van der Waals surface area contributed by atoms with Crippen LogP contribution in [0.4, 0.5) is 0 Å². The SMILES string of the molecule is CC(=NO)c1nc(C)ccc1C. The summed E-state index contributed by atoms with van der Waals surface area (Å²) >= 11 is 0. The zero-order valence-corrected chi connectivity index (χ0v) is 7.50. The summed E-state index contributed by atoms with van der Waals surface area (Å²) in [5, 5.41) is 11.7. The molecule has 1 aromatic rings. The topological polar surface area (TPSA) is 45.5 Å². The van der Waals surface area contributed by atoms with Crippen molar-refractivity contribution in [1.29, 1.82) is 0 Å². The van der Waals surface area contributed by atoms with Gasteiger partial charge < -0.3 is 5.21 Å². The summed E-state index contributed by atoms with van der Waals surface area (Å²) in [6.45, 7) is 5.58. The lowest BCUT2D eigenvalue weighted by molar-refractivity contribution is 0.319. The van der Waals surface area contributed by atoms with Crippen molar-refractivity contribution >= 4 is 5.71 Å². The molecule has 1 aromatic heterocycles. The molecule has 0 aromatic carbocycles. The lowest BCUT2D eigenvalue weighted by atomic mass is 10.1. The van der Waals surface area contributed by atoms with Crippen molar-refractivity contribution in [3.63, 3.8) is 0 Å². The molecular weight excluding hydrogens is 152 g/mol. The molecule has 0 radical (unpaired) electrons. The van der Waals surface area contributed by atoms with Crippen molar-refractivity contribution in [3.8, 4) is 0 Å². The average Bonchev–Trinajstić information content (AvgIpc) is 2.08. The predicted molar refractivity (Wildman–Crippen MR) is 47.7 cm³/mol. The van der Waals surface area contributed by atoms with E-state index in [2.05, 4.69) is 10.1 Å². The van der Waals surface area contributed by atoms with Gasteiger partial charge in [0.1, 0.15) is 5.71 Å². The van der Waals surface area contributed by atoms with Crippen molar-refractivity contribution in [2.75, 3.05) is 0 Å². The molecule has 64 valence electrons. The van der Waals surface area contributed by atoms with Gasteiger partial charge in [0.25, 0.3) is 0 Å². The quantitative estimate of drug-likeness (QED) is 0.391. The molecule has 0 bridgehead atoms. The van der Waals surface area contributed by atoms with Gasteiger partial charge in [-0.05, 0) is 32.4 Å². The number of hydrogen-bond acceptors (Lipinski definition) is 3. The minimum Gasteiger partial charge on any atom is -0.411 e. The molecule has 1 N–H and O–H groups in total. The predicted octanol–water partition coefficient (Wildman–Crippen LogP) is 1.90. The molecule has 3 heteroatoms. The number of hydrogen-bond donors (Lipinski definition) is 1. The van der Waals surface area contributed by atoms with Crippen molar-refractivity contribution in [2.45, 2.75) is 20.8 Å². The molecule has 0 fully saturated rings. The molecule has 3 nitrogen and oxygen atoms in total. The van der Waals surface area contributed by atoms with Crippen LogP contribution in [0.3, 0.4) is 0 Å². The molecular formula is C9H12N2O. The van der Waals surface area contributed by atoms with Crippen LogP contribution in [-0.4, -0.2) is 15.9 Å². The van der Waals surface area contributed by atoms with Crippen molar-refractivity contribution in [3.05, 3.63) is 29.1 Å². The molecule has 0 unspecified atom stereocenters. The van der Waals surface area contributed by atoms with Crippen LogP contribution in [0, 0.1) is 13.8 Å². The Hall–Kier alpha value is -1.38. The van der Waals surface area contributed by atoms with E-state index in [1.165, 1.54) is 0 Å². The zero-order valence-electron chi connectivity index (χ0n) is 7.50. The van der Waals surface area contributed by atoms with Crippen molar-refractivity contribution in [2.24, 2.45) is 5.16 Å². The van der Waals surface area contributed by atoms with Crippen LogP contribution in [0.1, 0.15) is 23.9 Å². The number of aromatic nitrogens is 1. The summed E-state index contributed by atoms with van der Waals surface area (Å²) in [6, 6.07) is 3.90. The first-order valence-electron chi connectivity index (χ1n) is 3.78. The fourth-order valence-electron chi connectivity index (χ4n) is 1.04. The van der Waals surface area contributed by atoms with Crippen LogP contribution in [0.5, 0.6) is 0 Å². The summed E-state index contributed by atoms with van der Waals surface area (Å²) in [4.78, 5) is 4.25. The normalized spacial score (nSPS) is 11.8. The van der Waals surface area contributed by atoms with Crippen molar-refractivity contribution in [1.82, 2.24) is 4.98 Å². The fraction of sp³-hybridized carbons (Fsp3) is 0.333. The molecule has 0 amide bonds. The van der Waals surface area contributed by atoms with Crippen LogP contribution < -0.4 is 0 Å². The van der Waals surface area contributed by atoms with Crippen molar-refractivity contribution < 1.29 is 5.21 Å². The third kappa shape index (κ3) is 1.61. The van der Waals surface area contributed by atoms with Gasteiger partial charge in [-0.1, -0.05) is 11.2 Å². The Morgan fingerprint density at radius 3 is 2.67 bits per heavy atom. The van der Waals surface area contributed by atoms with E-state index < -0.39 is 0 Å². The van der Waals surface area contributed by atoms with E-state index in [0.717, 1.165) is 17.0 Å². The van der Waals surface area contributed by atoms with Gasteiger partial charge in [0.05, 0.1) is 5.69 Å². The highest BCUT2D eigenvalue weighted by molar-refractivity contribution is 5.97. The lowest BCUT2D eigenvalue weighted by Gasteiger charge is -2.02. The number of nitrogens with zero attached hydrogens (tertiary/aromatic N) is 2. The second kappa shape index (κ2) is 3.34. The van der Waals surface area contributed by atoms with Gasteiger partial charge in [0.2, 0.25) is 0 Å². The van der Waals surface area contributed by atoms with Crippen LogP contribution in [-0.2, 0) is 0 Å². The van der Waals surface area contributed by atoms with Gasteiger partial charge in [-0.15, -0.1) is 0 Å². The molecule has 0 aliphatic rings. The van der Waals surface area contributed by atoms with E-state index in [9.17, 15) is 0 Å². The largest absolute Gasteiger partial charge is 0.411 e. The zero-order chi connectivity index (χ0) is 9.14. The Labute approximate surface area is 71.8 Å². The standard InChI is InChI=1S/C9H12N2O/c1-6-4-5-7(2)10-9(6)8(3)11-12/h4-5,12H,1-3H3. The number of aryl methyl sites for hydroxylation is 2. The van der Waals surface area contributed by atoms with Gasteiger partial charge in [-0.2, -0.15) is 0 Å². The van der Waals surface area contributed by atoms with Crippen LogP contribution in [0.2, 0.25) is 0 Å². The van der Waals surface area contributed by atoms with E-state index in [-0.39, 0.29) is 0 Å². The summed E-state index contributed by atoms with van der Waals surface area (Å²) < 4.78 is 0. The highest BCUT2D eigenvalue weighted by atomic mass is 16.4. The molecule has 0 spiro atoms. The number of rotatable bonds is 1. The van der Waals surface area contributed by atoms with E-state index in [1.54, 1.807) is 6.92 Å². The van der Waals surface area contributed by atoms with Crippen LogP contribution >= 0.6 is 0 Å². The minimum absolute atomic E-state index is 0.552. The summed E-state index contributed by atoms with van der Waals surface area (Å²) in [6.07, 6.45) is 0. The number of pyridine rings is 1. The minimum atomic E-state index is 0.552. The van der Waals surface area contributed by atoms with Crippen LogP contribution in [0.25, 0.3) is 0 Å². The Morgan fingerprint density at radius 1 is 1.42 bits per heavy atom. The maximum Gasteiger partial charge on any atom is 0.102 e. The first-order valence-corrected chi connectivity index (χ1v) is 3.78. The maximum atomic E-state index is 8.55. The summed E-state index contributed by atoms with van der Waals surface area (Å²) in [7, 11) is 0. The second-order valence-electron chi connectivity index (χ2n) is 2.80. The Bertz CT molecular complexity index is 318. The molecule has 0 aliphatic heterocycles. The first-order chi connectivity index (χ1) is 5.65. The molecule has 12 heavy (non-hydrogen) atoms. The highest BCUT2D eigenvalue weighted by Crippen LogP contribution is 2.06. The third-order valence-electron chi connectivity index (χ3n) is 1.73. The highest BCUT2D eigenvalue weighted by Gasteiger charge is 2.03. The average molecular weight is 164 g/mol.